The average molecular weight is 186 g/mol. The minimum absolute atomic E-state index is 0.0699. The van der Waals surface area contributed by atoms with Gasteiger partial charge in [0, 0.05) is 12.5 Å². The molecule has 2 unspecified atom stereocenters. The van der Waals surface area contributed by atoms with Crippen LogP contribution < -0.4 is 0 Å². The summed E-state index contributed by atoms with van der Waals surface area (Å²) in [6, 6.07) is 0. The van der Waals surface area contributed by atoms with Gasteiger partial charge in [0.1, 0.15) is 0 Å². The third kappa shape index (κ3) is 2.02. The van der Waals surface area contributed by atoms with Gasteiger partial charge in [0.15, 0.2) is 0 Å². The van der Waals surface area contributed by atoms with E-state index in [2.05, 4.69) is 0 Å². The first-order valence-corrected chi connectivity index (χ1v) is 4.82. The predicted octanol–water partition coefficient (Wildman–Crippen LogP) is 1.77. The van der Waals surface area contributed by atoms with Crippen LogP contribution in [0.15, 0.2) is 0 Å². The minimum atomic E-state index is -0.685. The van der Waals surface area contributed by atoms with Crippen molar-refractivity contribution in [2.75, 3.05) is 13.2 Å². The molecule has 1 rings (SSSR count). The molecule has 0 aromatic rings. The van der Waals surface area contributed by atoms with Crippen molar-refractivity contribution >= 4 is 5.97 Å². The Kier molecular flexibility index (Phi) is 2.96. The highest BCUT2D eigenvalue weighted by Crippen LogP contribution is 2.58. The van der Waals surface area contributed by atoms with E-state index in [4.69, 9.17) is 9.84 Å². The monoisotopic (exact) mass is 186 g/mol. The molecule has 1 N–H and O–H groups in total. The highest BCUT2D eigenvalue weighted by atomic mass is 16.5. The van der Waals surface area contributed by atoms with Crippen LogP contribution in [0.25, 0.3) is 0 Å². The van der Waals surface area contributed by atoms with E-state index in [0.29, 0.717) is 6.61 Å². The van der Waals surface area contributed by atoms with Crippen molar-refractivity contribution in [2.24, 2.45) is 17.3 Å². The summed E-state index contributed by atoms with van der Waals surface area (Å²) in [4.78, 5) is 10.8. The quantitative estimate of drug-likeness (QED) is 0.665. The number of carboxylic acid groups (broad SMARTS) is 1. The van der Waals surface area contributed by atoms with Gasteiger partial charge in [0.2, 0.25) is 0 Å². The normalized spacial score (nSPS) is 30.1. The molecule has 0 radical (unpaired) electrons. The molecule has 0 spiro atoms. The maximum absolute atomic E-state index is 10.8. The summed E-state index contributed by atoms with van der Waals surface area (Å²) in [7, 11) is 0. The molecule has 1 saturated carbocycles. The zero-order valence-corrected chi connectivity index (χ0v) is 8.54. The lowest BCUT2D eigenvalue weighted by Crippen LogP contribution is -2.04. The molecule has 2 atom stereocenters. The van der Waals surface area contributed by atoms with E-state index in [1.54, 1.807) is 0 Å². The van der Waals surface area contributed by atoms with Crippen molar-refractivity contribution in [3.63, 3.8) is 0 Å². The summed E-state index contributed by atoms with van der Waals surface area (Å²) in [6.07, 6.45) is 0.991. The Balaban J connectivity index is 2.33. The average Bonchev–Trinajstić information content (AvgIpc) is 2.54. The molecule has 3 nitrogen and oxygen atoms in total. The van der Waals surface area contributed by atoms with Crippen molar-refractivity contribution < 1.29 is 14.6 Å². The van der Waals surface area contributed by atoms with E-state index >= 15 is 0 Å². The van der Waals surface area contributed by atoms with Crippen molar-refractivity contribution in [2.45, 2.75) is 27.2 Å². The van der Waals surface area contributed by atoms with E-state index in [-0.39, 0.29) is 17.3 Å². The van der Waals surface area contributed by atoms with Crippen molar-refractivity contribution in [3.8, 4) is 0 Å². The minimum Gasteiger partial charge on any atom is -0.481 e. The predicted molar refractivity (Wildman–Crippen MR) is 49.5 cm³/mol. The Morgan fingerprint density at radius 3 is 2.54 bits per heavy atom. The molecule has 0 bridgehead atoms. The van der Waals surface area contributed by atoms with Gasteiger partial charge in [0.25, 0.3) is 0 Å². The number of hydrogen-bond acceptors (Lipinski definition) is 2. The van der Waals surface area contributed by atoms with Gasteiger partial charge >= 0.3 is 5.97 Å². The van der Waals surface area contributed by atoms with Crippen LogP contribution in [0.5, 0.6) is 0 Å². The van der Waals surface area contributed by atoms with Gasteiger partial charge in [-0.1, -0.05) is 20.8 Å². The van der Waals surface area contributed by atoms with Gasteiger partial charge in [-0.05, 0) is 11.8 Å². The molecule has 3 heteroatoms. The fraction of sp³-hybridized carbons (Fsp3) is 0.900. The molecule has 0 amide bonds. The molecule has 0 heterocycles. The Bertz CT molecular complexity index is 198. The molecule has 0 aliphatic heterocycles. The second kappa shape index (κ2) is 3.66. The highest BCUT2D eigenvalue weighted by Gasteiger charge is 2.61. The SMILES string of the molecule is CCCOCC1C(C(=O)O)C1(C)C. The van der Waals surface area contributed by atoms with E-state index in [0.717, 1.165) is 13.0 Å². The summed E-state index contributed by atoms with van der Waals surface area (Å²) in [5.74, 6) is -0.684. The molecule has 0 saturated heterocycles. The third-order valence-corrected chi connectivity index (χ3v) is 2.96. The van der Waals surface area contributed by atoms with Gasteiger partial charge in [-0.3, -0.25) is 4.79 Å². The molecular formula is C10H18O3. The van der Waals surface area contributed by atoms with Crippen LogP contribution in [0.1, 0.15) is 27.2 Å². The lowest BCUT2D eigenvalue weighted by Gasteiger charge is -2.02. The van der Waals surface area contributed by atoms with Gasteiger partial charge < -0.3 is 9.84 Å². The molecule has 1 fully saturated rings. The van der Waals surface area contributed by atoms with E-state index < -0.39 is 5.97 Å². The van der Waals surface area contributed by atoms with Crippen LogP contribution in [0.2, 0.25) is 0 Å². The van der Waals surface area contributed by atoms with Crippen molar-refractivity contribution in [3.05, 3.63) is 0 Å². The van der Waals surface area contributed by atoms with E-state index in [1.807, 2.05) is 20.8 Å². The van der Waals surface area contributed by atoms with Gasteiger partial charge in [-0.15, -0.1) is 0 Å². The van der Waals surface area contributed by atoms with Gasteiger partial charge in [0.05, 0.1) is 12.5 Å². The summed E-state index contributed by atoms with van der Waals surface area (Å²) in [6.45, 7) is 7.36. The molecule has 76 valence electrons. The number of carboxylic acids is 1. The van der Waals surface area contributed by atoms with Gasteiger partial charge in [-0.2, -0.15) is 0 Å². The number of rotatable bonds is 5. The second-order valence-corrected chi connectivity index (χ2v) is 4.32. The van der Waals surface area contributed by atoms with Crippen LogP contribution in [-0.2, 0) is 9.53 Å². The molecular weight excluding hydrogens is 168 g/mol. The largest absolute Gasteiger partial charge is 0.481 e. The Labute approximate surface area is 79.1 Å². The Morgan fingerprint density at radius 2 is 2.15 bits per heavy atom. The van der Waals surface area contributed by atoms with Crippen LogP contribution in [0, 0.1) is 17.3 Å². The first-order chi connectivity index (χ1) is 6.01. The van der Waals surface area contributed by atoms with Crippen LogP contribution in [-0.4, -0.2) is 24.3 Å². The maximum atomic E-state index is 10.8. The van der Waals surface area contributed by atoms with Crippen molar-refractivity contribution in [1.82, 2.24) is 0 Å². The van der Waals surface area contributed by atoms with Crippen LogP contribution in [0.3, 0.4) is 0 Å². The number of ether oxygens (including phenoxy) is 1. The van der Waals surface area contributed by atoms with E-state index in [9.17, 15) is 4.79 Å². The zero-order chi connectivity index (χ0) is 10.1. The molecule has 1 aliphatic carbocycles. The first-order valence-electron chi connectivity index (χ1n) is 4.82. The molecule has 1 aliphatic rings. The molecule has 0 aromatic heterocycles. The summed E-state index contributed by atoms with van der Waals surface area (Å²) in [5, 5.41) is 8.86. The third-order valence-electron chi connectivity index (χ3n) is 2.96. The number of aliphatic carboxylic acids is 1. The smallest absolute Gasteiger partial charge is 0.307 e. The molecule has 13 heavy (non-hydrogen) atoms. The summed E-state index contributed by atoms with van der Waals surface area (Å²) >= 11 is 0. The van der Waals surface area contributed by atoms with Gasteiger partial charge in [-0.25, -0.2) is 0 Å². The Hall–Kier alpha value is -0.570. The second-order valence-electron chi connectivity index (χ2n) is 4.32. The van der Waals surface area contributed by atoms with Crippen molar-refractivity contribution in [1.29, 1.82) is 0 Å². The lowest BCUT2D eigenvalue weighted by molar-refractivity contribution is -0.139. The first kappa shape index (κ1) is 10.5. The Morgan fingerprint density at radius 1 is 1.54 bits per heavy atom. The summed E-state index contributed by atoms with van der Waals surface area (Å²) < 4.78 is 5.36. The van der Waals surface area contributed by atoms with Crippen LogP contribution >= 0.6 is 0 Å². The van der Waals surface area contributed by atoms with Crippen LogP contribution in [0.4, 0.5) is 0 Å². The standard InChI is InChI=1S/C10H18O3/c1-4-5-13-6-7-8(9(11)12)10(7,2)3/h7-8H,4-6H2,1-3H3,(H,11,12). The molecule has 0 aromatic carbocycles. The maximum Gasteiger partial charge on any atom is 0.307 e. The lowest BCUT2D eigenvalue weighted by atomic mass is 10.1. The fourth-order valence-electron chi connectivity index (χ4n) is 1.90. The summed E-state index contributed by atoms with van der Waals surface area (Å²) in [5.41, 5.74) is -0.0699. The van der Waals surface area contributed by atoms with E-state index in [1.165, 1.54) is 0 Å². The number of carbonyl (C=O) groups is 1. The fourth-order valence-corrected chi connectivity index (χ4v) is 1.90. The highest BCUT2D eigenvalue weighted by molar-refractivity contribution is 5.75. The number of hydrogen-bond donors (Lipinski definition) is 1. The zero-order valence-electron chi connectivity index (χ0n) is 8.54. The topological polar surface area (TPSA) is 46.5 Å².